The molecule has 0 spiro atoms. The van der Waals surface area contributed by atoms with Gasteiger partial charge in [-0.2, -0.15) is 10.2 Å². The van der Waals surface area contributed by atoms with Crippen LogP contribution in [0.15, 0.2) is 43.0 Å². The molecule has 0 aromatic carbocycles. The first-order valence-electron chi connectivity index (χ1n) is 11.5. The molecule has 6 rings (SSSR count). The number of carbonyl (C=O) groups is 1. The zero-order valence-electron chi connectivity index (χ0n) is 19.7. The Morgan fingerprint density at radius 1 is 1.25 bits per heavy atom. The van der Waals surface area contributed by atoms with Crippen LogP contribution in [0.25, 0.3) is 11.2 Å². The van der Waals surface area contributed by atoms with E-state index in [4.69, 9.17) is 14.7 Å². The topological polar surface area (TPSA) is 131 Å². The molecule has 11 heteroatoms. The first-order valence-corrected chi connectivity index (χ1v) is 11.5. The number of nitrogens with one attached hydrogen (secondary N) is 1. The van der Waals surface area contributed by atoms with Crippen molar-refractivity contribution in [3.63, 3.8) is 0 Å². The maximum atomic E-state index is 12.9. The van der Waals surface area contributed by atoms with Crippen molar-refractivity contribution in [3.05, 3.63) is 59.8 Å². The van der Waals surface area contributed by atoms with Gasteiger partial charge in [-0.1, -0.05) is 0 Å². The van der Waals surface area contributed by atoms with Gasteiger partial charge in [0.1, 0.15) is 23.1 Å². The van der Waals surface area contributed by atoms with Crippen molar-refractivity contribution in [2.45, 2.75) is 25.5 Å². The van der Waals surface area contributed by atoms with Crippen LogP contribution in [0.1, 0.15) is 28.0 Å². The SMILES string of the molecule is Cc1cc(C#N)ncc1Oc1cc(Nc2ccc(C(=O)N3CC4CC3CO4)cn2)c2ncn(C)c2n1. The summed E-state index contributed by atoms with van der Waals surface area (Å²) in [6.07, 6.45) is 5.82. The number of hydrogen-bond donors (Lipinski definition) is 1. The minimum absolute atomic E-state index is 0.0250. The maximum absolute atomic E-state index is 12.9. The molecule has 2 bridgehead atoms. The van der Waals surface area contributed by atoms with Gasteiger partial charge in [0.15, 0.2) is 11.4 Å². The van der Waals surface area contributed by atoms with E-state index in [9.17, 15) is 4.79 Å². The Morgan fingerprint density at radius 3 is 2.83 bits per heavy atom. The lowest BCUT2D eigenvalue weighted by molar-refractivity contribution is 0.0259. The molecule has 6 heterocycles. The van der Waals surface area contributed by atoms with Crippen molar-refractivity contribution < 1.29 is 14.3 Å². The molecule has 2 atom stereocenters. The molecule has 0 saturated carbocycles. The first-order chi connectivity index (χ1) is 17.5. The Hall–Kier alpha value is -4.56. The summed E-state index contributed by atoms with van der Waals surface area (Å²) in [5.74, 6) is 1.36. The Balaban J connectivity index is 1.26. The Morgan fingerprint density at radius 2 is 2.14 bits per heavy atom. The first kappa shape index (κ1) is 21.9. The third kappa shape index (κ3) is 3.87. The summed E-state index contributed by atoms with van der Waals surface area (Å²) in [7, 11) is 1.85. The fourth-order valence-corrected chi connectivity index (χ4v) is 4.59. The molecule has 36 heavy (non-hydrogen) atoms. The molecule has 2 aliphatic rings. The lowest BCUT2D eigenvalue weighted by Gasteiger charge is -2.26. The van der Waals surface area contributed by atoms with Crippen LogP contribution in [0, 0.1) is 18.3 Å². The quantitative estimate of drug-likeness (QED) is 0.456. The summed E-state index contributed by atoms with van der Waals surface area (Å²) in [6.45, 7) is 3.08. The van der Waals surface area contributed by atoms with E-state index in [1.54, 1.807) is 41.4 Å². The van der Waals surface area contributed by atoms with Gasteiger partial charge in [-0.15, -0.1) is 0 Å². The van der Waals surface area contributed by atoms with Crippen LogP contribution >= 0.6 is 0 Å². The molecule has 2 aliphatic heterocycles. The second-order valence-corrected chi connectivity index (χ2v) is 8.94. The number of likely N-dealkylation sites (tertiary alicyclic amines) is 1. The van der Waals surface area contributed by atoms with Crippen molar-refractivity contribution in [2.24, 2.45) is 7.05 Å². The van der Waals surface area contributed by atoms with E-state index in [-0.39, 0.29) is 18.1 Å². The molecule has 2 saturated heterocycles. The van der Waals surface area contributed by atoms with Gasteiger partial charge in [-0.25, -0.2) is 15.0 Å². The number of fused-ring (bicyclic) bond motifs is 3. The highest BCUT2D eigenvalue weighted by Gasteiger charge is 2.41. The van der Waals surface area contributed by atoms with Crippen LogP contribution in [-0.2, 0) is 11.8 Å². The van der Waals surface area contributed by atoms with Crippen LogP contribution in [0.3, 0.4) is 0 Å². The number of pyridine rings is 3. The van der Waals surface area contributed by atoms with E-state index in [1.807, 2.05) is 24.9 Å². The number of amides is 1. The highest BCUT2D eigenvalue weighted by molar-refractivity contribution is 5.95. The highest BCUT2D eigenvalue weighted by Crippen LogP contribution is 2.32. The second-order valence-electron chi connectivity index (χ2n) is 8.94. The van der Waals surface area contributed by atoms with Crippen molar-refractivity contribution in [1.82, 2.24) is 29.4 Å². The molecule has 0 aliphatic carbocycles. The number of aromatic nitrogens is 5. The third-order valence-electron chi connectivity index (χ3n) is 6.47. The third-order valence-corrected chi connectivity index (χ3v) is 6.47. The van der Waals surface area contributed by atoms with Crippen molar-refractivity contribution in [1.29, 1.82) is 5.26 Å². The smallest absolute Gasteiger partial charge is 0.255 e. The van der Waals surface area contributed by atoms with Gasteiger partial charge >= 0.3 is 0 Å². The lowest BCUT2D eigenvalue weighted by atomic mass is 10.2. The number of aryl methyl sites for hydroxylation is 2. The summed E-state index contributed by atoms with van der Waals surface area (Å²) in [6, 6.07) is 9.09. The van der Waals surface area contributed by atoms with Gasteiger partial charge in [-0.3, -0.25) is 4.79 Å². The number of nitriles is 1. The van der Waals surface area contributed by atoms with E-state index < -0.39 is 0 Å². The molecule has 1 amide bonds. The number of carbonyl (C=O) groups excluding carboxylic acids is 1. The van der Waals surface area contributed by atoms with E-state index in [1.165, 1.54) is 6.20 Å². The normalized spacial score (nSPS) is 18.4. The molecule has 11 nitrogen and oxygen atoms in total. The largest absolute Gasteiger partial charge is 0.437 e. The predicted octanol–water partition coefficient (Wildman–Crippen LogP) is 3.09. The van der Waals surface area contributed by atoms with Crippen molar-refractivity contribution >= 4 is 28.6 Å². The zero-order valence-corrected chi connectivity index (χ0v) is 19.7. The number of nitrogens with zero attached hydrogens (tertiary/aromatic N) is 7. The molecule has 1 N–H and O–H groups in total. The predicted molar refractivity (Wildman–Crippen MR) is 129 cm³/mol. The van der Waals surface area contributed by atoms with Crippen LogP contribution in [0.4, 0.5) is 11.5 Å². The van der Waals surface area contributed by atoms with Crippen LogP contribution in [0.5, 0.6) is 11.6 Å². The van der Waals surface area contributed by atoms with Crippen molar-refractivity contribution in [3.8, 4) is 17.7 Å². The fourth-order valence-electron chi connectivity index (χ4n) is 4.59. The molecule has 4 aromatic heterocycles. The zero-order chi connectivity index (χ0) is 24.8. The maximum Gasteiger partial charge on any atom is 0.255 e. The van der Waals surface area contributed by atoms with Crippen molar-refractivity contribution in [2.75, 3.05) is 18.5 Å². The summed E-state index contributed by atoms with van der Waals surface area (Å²) >= 11 is 0. The molecule has 0 radical (unpaired) electrons. The van der Waals surface area contributed by atoms with Gasteiger partial charge in [0.2, 0.25) is 5.88 Å². The molecule has 4 aromatic rings. The number of rotatable bonds is 5. The Bertz CT molecular complexity index is 1530. The highest BCUT2D eigenvalue weighted by atomic mass is 16.5. The minimum Gasteiger partial charge on any atom is -0.437 e. The lowest BCUT2D eigenvalue weighted by Crippen LogP contribution is -2.41. The van der Waals surface area contributed by atoms with Gasteiger partial charge in [0.25, 0.3) is 5.91 Å². The van der Waals surface area contributed by atoms with Crippen LogP contribution in [-0.4, -0.2) is 60.6 Å². The monoisotopic (exact) mass is 482 g/mol. The van der Waals surface area contributed by atoms with Crippen LogP contribution in [0.2, 0.25) is 0 Å². The molecular weight excluding hydrogens is 460 g/mol. The second kappa shape index (κ2) is 8.58. The van der Waals surface area contributed by atoms with Gasteiger partial charge in [0, 0.05) is 25.9 Å². The van der Waals surface area contributed by atoms with E-state index in [2.05, 4.69) is 25.3 Å². The summed E-state index contributed by atoms with van der Waals surface area (Å²) in [4.78, 5) is 32.4. The summed E-state index contributed by atoms with van der Waals surface area (Å²) in [5, 5.41) is 12.3. The molecule has 2 unspecified atom stereocenters. The number of imidazole rings is 1. The summed E-state index contributed by atoms with van der Waals surface area (Å²) in [5.41, 5.74) is 3.54. The average Bonchev–Trinajstić information content (AvgIpc) is 3.62. The minimum atomic E-state index is -0.0250. The number of hydrogen-bond acceptors (Lipinski definition) is 9. The standard InChI is InChI=1S/C25H22N8O3/c1-14-5-16(8-26)27-10-20(14)36-22-7-19(23-24(31-22)32(2)13-29-23)30-21-4-3-15(9-28-21)25(34)33-11-18-6-17(33)12-35-18/h3-5,7,9-10,13,17-18H,6,11-12H2,1-2H3,(H,28,30,31). The molecule has 180 valence electrons. The summed E-state index contributed by atoms with van der Waals surface area (Å²) < 4.78 is 13.4. The molecular formula is C25H22N8O3. The molecule has 2 fully saturated rings. The van der Waals surface area contributed by atoms with E-state index >= 15 is 0 Å². The van der Waals surface area contributed by atoms with Crippen LogP contribution < -0.4 is 10.1 Å². The van der Waals surface area contributed by atoms with Gasteiger partial charge in [-0.05, 0) is 37.1 Å². The Kier molecular flexibility index (Phi) is 5.23. The Labute approximate surface area is 206 Å². The number of morpholine rings is 1. The van der Waals surface area contributed by atoms with Gasteiger partial charge < -0.3 is 24.3 Å². The number of ether oxygens (including phenoxy) is 2. The number of anilines is 2. The van der Waals surface area contributed by atoms with Gasteiger partial charge in [0.05, 0.1) is 42.5 Å². The van der Waals surface area contributed by atoms with E-state index in [0.29, 0.717) is 58.7 Å². The van der Waals surface area contributed by atoms with E-state index in [0.717, 1.165) is 12.0 Å². The fraction of sp³-hybridized carbons (Fsp3) is 0.280. The average molecular weight is 483 g/mol.